The van der Waals surface area contributed by atoms with E-state index in [1.807, 2.05) is 12.3 Å². The number of rotatable bonds is 3. The van der Waals surface area contributed by atoms with Crippen molar-refractivity contribution in [3.05, 3.63) is 24.2 Å². The maximum Gasteiger partial charge on any atom is 0.161 e. The summed E-state index contributed by atoms with van der Waals surface area (Å²) < 4.78 is 2.44. The third kappa shape index (κ3) is 2.66. The Labute approximate surface area is 138 Å². The van der Waals surface area contributed by atoms with E-state index in [4.69, 9.17) is 4.98 Å². The predicted octanol–water partition coefficient (Wildman–Crippen LogP) is 3.25. The molecule has 0 radical (unpaired) electrons. The Kier molecular flexibility index (Phi) is 4.07. The highest BCUT2D eigenvalue weighted by atomic mass is 15.4. The molecular formula is C18H27N5. The Morgan fingerprint density at radius 2 is 2.13 bits per heavy atom. The van der Waals surface area contributed by atoms with E-state index in [-0.39, 0.29) is 0 Å². The predicted molar refractivity (Wildman–Crippen MR) is 92.2 cm³/mol. The lowest BCUT2D eigenvalue weighted by Crippen LogP contribution is -2.36. The van der Waals surface area contributed by atoms with Gasteiger partial charge in [-0.1, -0.05) is 6.42 Å². The first-order valence-electron chi connectivity index (χ1n) is 9.07. The van der Waals surface area contributed by atoms with Crippen LogP contribution in [0.2, 0.25) is 0 Å². The number of hydrogen-bond donors (Lipinski definition) is 1. The van der Waals surface area contributed by atoms with Crippen molar-refractivity contribution in [1.29, 1.82) is 0 Å². The van der Waals surface area contributed by atoms with Gasteiger partial charge < -0.3 is 5.32 Å². The lowest BCUT2D eigenvalue weighted by atomic mass is 10.0. The van der Waals surface area contributed by atoms with Gasteiger partial charge in [-0.2, -0.15) is 0 Å². The van der Waals surface area contributed by atoms with Gasteiger partial charge >= 0.3 is 0 Å². The summed E-state index contributed by atoms with van der Waals surface area (Å²) >= 11 is 0. The highest BCUT2D eigenvalue weighted by Gasteiger charge is 2.33. The first-order valence-corrected chi connectivity index (χ1v) is 9.07. The standard InChI is InChI=1S/C18H27N5/c1-13(2)22-12-6-9-16(22)23-17-15(8-5-11-20-17)21-18(23)14-7-3-4-10-19-14/h5,8,11,13-14,16,19H,3-4,6-7,9-10,12H2,1-2H3. The van der Waals surface area contributed by atoms with Crippen molar-refractivity contribution < 1.29 is 0 Å². The van der Waals surface area contributed by atoms with Gasteiger partial charge in [0.25, 0.3) is 0 Å². The molecule has 0 aliphatic carbocycles. The minimum absolute atomic E-state index is 0.368. The van der Waals surface area contributed by atoms with E-state index in [9.17, 15) is 0 Å². The minimum atomic E-state index is 0.368. The van der Waals surface area contributed by atoms with Crippen LogP contribution in [0, 0.1) is 0 Å². The zero-order valence-corrected chi connectivity index (χ0v) is 14.2. The van der Waals surface area contributed by atoms with Gasteiger partial charge in [0, 0.05) is 18.8 Å². The maximum atomic E-state index is 4.99. The number of nitrogens with zero attached hydrogens (tertiary/aromatic N) is 4. The van der Waals surface area contributed by atoms with Gasteiger partial charge in [0.15, 0.2) is 5.65 Å². The van der Waals surface area contributed by atoms with Crippen molar-refractivity contribution in [3.8, 4) is 0 Å². The van der Waals surface area contributed by atoms with Crippen LogP contribution in [0.25, 0.3) is 11.2 Å². The summed E-state index contributed by atoms with van der Waals surface area (Å²) in [7, 11) is 0. The first kappa shape index (κ1) is 15.1. The largest absolute Gasteiger partial charge is 0.307 e. The van der Waals surface area contributed by atoms with Gasteiger partial charge in [0.1, 0.15) is 11.3 Å². The van der Waals surface area contributed by atoms with E-state index in [0.717, 1.165) is 17.7 Å². The van der Waals surface area contributed by atoms with Crippen LogP contribution < -0.4 is 5.32 Å². The average molecular weight is 313 g/mol. The van der Waals surface area contributed by atoms with E-state index in [1.165, 1.54) is 44.5 Å². The third-order valence-corrected chi connectivity index (χ3v) is 5.32. The average Bonchev–Trinajstić information content (AvgIpc) is 3.19. The van der Waals surface area contributed by atoms with E-state index >= 15 is 0 Å². The van der Waals surface area contributed by atoms with Crippen molar-refractivity contribution in [2.45, 2.75) is 64.2 Å². The third-order valence-electron chi connectivity index (χ3n) is 5.32. The normalized spacial score (nSPS) is 26.4. The zero-order chi connectivity index (χ0) is 15.8. The molecule has 23 heavy (non-hydrogen) atoms. The van der Waals surface area contributed by atoms with Gasteiger partial charge in [-0.3, -0.25) is 9.47 Å². The number of pyridine rings is 1. The van der Waals surface area contributed by atoms with Crippen LogP contribution in [-0.4, -0.2) is 38.6 Å². The topological polar surface area (TPSA) is 46.0 Å². The number of likely N-dealkylation sites (tertiary alicyclic amines) is 1. The Bertz CT molecular complexity index is 671. The molecule has 2 fully saturated rings. The van der Waals surface area contributed by atoms with Crippen molar-refractivity contribution in [3.63, 3.8) is 0 Å². The number of hydrogen-bond acceptors (Lipinski definition) is 4. The summed E-state index contributed by atoms with van der Waals surface area (Å²) in [6, 6.07) is 5.01. The summed E-state index contributed by atoms with van der Waals surface area (Å²) in [6.45, 7) is 6.86. The molecule has 0 saturated carbocycles. The first-order chi connectivity index (χ1) is 11.3. The zero-order valence-electron chi connectivity index (χ0n) is 14.2. The highest BCUT2D eigenvalue weighted by molar-refractivity contribution is 5.71. The lowest BCUT2D eigenvalue weighted by Gasteiger charge is -2.32. The molecule has 2 aliphatic rings. The molecule has 2 unspecified atom stereocenters. The Hall–Kier alpha value is -1.46. The van der Waals surface area contributed by atoms with Crippen molar-refractivity contribution in [1.82, 2.24) is 24.8 Å². The second-order valence-corrected chi connectivity index (χ2v) is 7.14. The summed E-state index contributed by atoms with van der Waals surface area (Å²) in [4.78, 5) is 12.3. The van der Waals surface area contributed by atoms with Crippen LogP contribution in [0.3, 0.4) is 0 Å². The van der Waals surface area contributed by atoms with Crippen LogP contribution in [0.5, 0.6) is 0 Å². The van der Waals surface area contributed by atoms with Crippen LogP contribution >= 0.6 is 0 Å². The number of imidazole rings is 1. The molecule has 124 valence electrons. The van der Waals surface area contributed by atoms with Gasteiger partial charge in [0.05, 0.1) is 12.2 Å². The summed E-state index contributed by atoms with van der Waals surface area (Å²) in [5.41, 5.74) is 2.08. The summed E-state index contributed by atoms with van der Waals surface area (Å²) in [5, 5.41) is 3.67. The van der Waals surface area contributed by atoms with E-state index in [0.29, 0.717) is 18.2 Å². The summed E-state index contributed by atoms with van der Waals surface area (Å²) in [5.74, 6) is 1.19. The van der Waals surface area contributed by atoms with Crippen LogP contribution in [-0.2, 0) is 0 Å². The molecule has 0 aromatic carbocycles. The van der Waals surface area contributed by atoms with Gasteiger partial charge in [-0.05, 0) is 58.2 Å². The number of nitrogens with one attached hydrogen (secondary N) is 1. The van der Waals surface area contributed by atoms with Crippen LogP contribution in [0.4, 0.5) is 0 Å². The Morgan fingerprint density at radius 3 is 2.91 bits per heavy atom. The van der Waals surface area contributed by atoms with Crippen LogP contribution in [0.1, 0.15) is 64.0 Å². The second-order valence-electron chi connectivity index (χ2n) is 7.14. The lowest BCUT2D eigenvalue weighted by molar-refractivity contribution is 0.149. The molecule has 0 spiro atoms. The molecule has 0 amide bonds. The van der Waals surface area contributed by atoms with E-state index in [2.05, 4.69) is 39.7 Å². The molecule has 2 atom stereocenters. The quantitative estimate of drug-likeness (QED) is 0.945. The maximum absolute atomic E-state index is 4.99. The molecule has 4 heterocycles. The highest BCUT2D eigenvalue weighted by Crippen LogP contribution is 2.35. The fraction of sp³-hybridized carbons (Fsp3) is 0.667. The number of aromatic nitrogens is 3. The molecule has 1 N–H and O–H groups in total. The monoisotopic (exact) mass is 313 g/mol. The minimum Gasteiger partial charge on any atom is -0.307 e. The molecule has 2 aromatic heterocycles. The molecule has 2 saturated heterocycles. The molecule has 5 nitrogen and oxygen atoms in total. The van der Waals surface area contributed by atoms with E-state index in [1.54, 1.807) is 0 Å². The molecule has 4 rings (SSSR count). The van der Waals surface area contributed by atoms with Gasteiger partial charge in [-0.15, -0.1) is 0 Å². The number of piperidine rings is 1. The molecule has 0 bridgehead atoms. The fourth-order valence-corrected chi connectivity index (χ4v) is 4.21. The Balaban J connectivity index is 1.82. The number of fused-ring (bicyclic) bond motifs is 1. The summed E-state index contributed by atoms with van der Waals surface area (Å²) in [6.07, 6.45) is 8.48. The fourth-order valence-electron chi connectivity index (χ4n) is 4.21. The van der Waals surface area contributed by atoms with Crippen LogP contribution in [0.15, 0.2) is 18.3 Å². The van der Waals surface area contributed by atoms with Crippen molar-refractivity contribution in [2.75, 3.05) is 13.1 Å². The smallest absolute Gasteiger partial charge is 0.161 e. The Morgan fingerprint density at radius 1 is 1.22 bits per heavy atom. The SMILES string of the molecule is CC(C)N1CCCC1n1c(C2CCCCN2)nc2cccnc21. The molecular weight excluding hydrogens is 286 g/mol. The second kappa shape index (κ2) is 6.21. The molecule has 5 heteroatoms. The van der Waals surface area contributed by atoms with Gasteiger partial charge in [0.2, 0.25) is 0 Å². The molecule has 2 aromatic rings. The van der Waals surface area contributed by atoms with Gasteiger partial charge in [-0.25, -0.2) is 9.97 Å². The molecule has 2 aliphatic heterocycles. The van der Waals surface area contributed by atoms with E-state index < -0.39 is 0 Å². The van der Waals surface area contributed by atoms with Crippen molar-refractivity contribution in [2.24, 2.45) is 0 Å². The van der Waals surface area contributed by atoms with Crippen molar-refractivity contribution >= 4 is 11.2 Å².